The second kappa shape index (κ2) is 7.67. The van der Waals surface area contributed by atoms with Gasteiger partial charge in [-0.05, 0) is 32.6 Å². The minimum Gasteiger partial charge on any atom is -0.381 e. The van der Waals surface area contributed by atoms with E-state index in [4.69, 9.17) is 14.7 Å². The first-order valence-corrected chi connectivity index (χ1v) is 5.59. The van der Waals surface area contributed by atoms with Crippen LogP contribution in [0.3, 0.4) is 0 Å². The molecule has 0 aromatic heterocycles. The summed E-state index contributed by atoms with van der Waals surface area (Å²) in [7, 11) is 1.72. The van der Waals surface area contributed by atoms with Crippen molar-refractivity contribution in [3.8, 4) is 6.07 Å². The number of ether oxygens (including phenoxy) is 2. The normalized spacial score (nSPS) is 15.3. The minimum absolute atomic E-state index is 0.106. The van der Waals surface area contributed by atoms with Gasteiger partial charge in [0.1, 0.15) is 6.10 Å². The van der Waals surface area contributed by atoms with Crippen molar-refractivity contribution in [2.45, 2.75) is 58.8 Å². The average molecular weight is 213 g/mol. The molecule has 0 aliphatic carbocycles. The molecule has 3 nitrogen and oxygen atoms in total. The fourth-order valence-electron chi connectivity index (χ4n) is 1.53. The molecule has 0 fully saturated rings. The highest BCUT2D eigenvalue weighted by Crippen LogP contribution is 2.15. The molecule has 0 unspecified atom stereocenters. The van der Waals surface area contributed by atoms with Crippen molar-refractivity contribution in [2.24, 2.45) is 5.92 Å². The van der Waals surface area contributed by atoms with Crippen molar-refractivity contribution < 1.29 is 9.47 Å². The third kappa shape index (κ3) is 6.48. The number of rotatable bonds is 7. The van der Waals surface area contributed by atoms with Gasteiger partial charge in [0.25, 0.3) is 0 Å². The molecule has 0 saturated heterocycles. The zero-order chi connectivity index (χ0) is 11.8. The van der Waals surface area contributed by atoms with Crippen LogP contribution in [0.25, 0.3) is 0 Å². The van der Waals surface area contributed by atoms with E-state index < -0.39 is 0 Å². The maximum Gasteiger partial charge on any atom is 0.144 e. The Morgan fingerprint density at radius 2 is 1.73 bits per heavy atom. The number of methoxy groups -OCH3 is 1. The number of hydrogen-bond donors (Lipinski definition) is 0. The zero-order valence-electron chi connectivity index (χ0n) is 10.5. The Bertz CT molecular complexity index is 196. The van der Waals surface area contributed by atoms with Crippen LogP contribution in [-0.2, 0) is 9.47 Å². The topological polar surface area (TPSA) is 42.2 Å². The predicted molar refractivity (Wildman–Crippen MR) is 60.5 cm³/mol. The molecular formula is C12H23NO2. The van der Waals surface area contributed by atoms with Gasteiger partial charge in [-0.2, -0.15) is 5.26 Å². The summed E-state index contributed by atoms with van der Waals surface area (Å²) in [6.45, 7) is 8.14. The molecule has 0 radical (unpaired) electrons. The summed E-state index contributed by atoms with van der Waals surface area (Å²) >= 11 is 0. The van der Waals surface area contributed by atoms with Gasteiger partial charge in [0, 0.05) is 7.11 Å². The maximum atomic E-state index is 8.88. The van der Waals surface area contributed by atoms with E-state index in [2.05, 4.69) is 19.9 Å². The summed E-state index contributed by atoms with van der Waals surface area (Å²) in [6, 6.07) is 2.17. The molecule has 0 heterocycles. The molecule has 0 aromatic rings. The molecular weight excluding hydrogens is 190 g/mol. The Morgan fingerprint density at radius 1 is 1.13 bits per heavy atom. The SMILES string of the molecule is CO[C@@H](CC[C@H](C#N)OC(C)C)C(C)C. The quantitative estimate of drug-likeness (QED) is 0.653. The van der Waals surface area contributed by atoms with E-state index in [1.807, 2.05) is 13.8 Å². The third-order valence-electron chi connectivity index (χ3n) is 2.34. The van der Waals surface area contributed by atoms with Crippen LogP contribution in [0.1, 0.15) is 40.5 Å². The molecule has 0 rings (SSSR count). The van der Waals surface area contributed by atoms with Gasteiger partial charge in [-0.25, -0.2) is 0 Å². The van der Waals surface area contributed by atoms with Crippen molar-refractivity contribution in [3.63, 3.8) is 0 Å². The Kier molecular flexibility index (Phi) is 7.37. The van der Waals surface area contributed by atoms with E-state index in [-0.39, 0.29) is 18.3 Å². The molecule has 3 heteroatoms. The molecule has 0 spiro atoms. The lowest BCUT2D eigenvalue weighted by molar-refractivity contribution is 0.0106. The number of nitriles is 1. The van der Waals surface area contributed by atoms with Gasteiger partial charge in [0.2, 0.25) is 0 Å². The standard InChI is InChI=1S/C12H23NO2/c1-9(2)12(14-5)7-6-11(8-13)15-10(3)4/h9-12H,6-7H2,1-5H3/t11-,12+/m1/s1. The van der Waals surface area contributed by atoms with Crippen LogP contribution in [-0.4, -0.2) is 25.4 Å². The summed E-state index contributed by atoms with van der Waals surface area (Å²) in [5.74, 6) is 0.480. The highest BCUT2D eigenvalue weighted by molar-refractivity contribution is 4.85. The van der Waals surface area contributed by atoms with Crippen molar-refractivity contribution in [2.75, 3.05) is 7.11 Å². The van der Waals surface area contributed by atoms with Crippen LogP contribution < -0.4 is 0 Å². The smallest absolute Gasteiger partial charge is 0.144 e. The monoisotopic (exact) mass is 213 g/mol. The summed E-state index contributed by atoms with van der Waals surface area (Å²) in [5, 5.41) is 8.88. The fraction of sp³-hybridized carbons (Fsp3) is 0.917. The fourth-order valence-corrected chi connectivity index (χ4v) is 1.53. The van der Waals surface area contributed by atoms with Gasteiger partial charge in [-0.1, -0.05) is 13.8 Å². The van der Waals surface area contributed by atoms with Gasteiger partial charge in [-0.15, -0.1) is 0 Å². The van der Waals surface area contributed by atoms with Crippen molar-refractivity contribution in [3.05, 3.63) is 0 Å². The van der Waals surface area contributed by atoms with Gasteiger partial charge >= 0.3 is 0 Å². The van der Waals surface area contributed by atoms with E-state index in [9.17, 15) is 0 Å². The van der Waals surface area contributed by atoms with E-state index in [1.165, 1.54) is 0 Å². The van der Waals surface area contributed by atoms with Crippen LogP contribution in [0, 0.1) is 17.2 Å². The molecule has 0 amide bonds. The Morgan fingerprint density at radius 3 is 2.07 bits per heavy atom. The van der Waals surface area contributed by atoms with Gasteiger partial charge in [0.05, 0.1) is 18.3 Å². The molecule has 15 heavy (non-hydrogen) atoms. The molecule has 88 valence electrons. The molecule has 0 saturated carbocycles. The lowest BCUT2D eigenvalue weighted by atomic mass is 10.0. The molecule has 0 aliphatic rings. The molecule has 0 aliphatic heterocycles. The summed E-state index contributed by atoms with van der Waals surface area (Å²) in [5.41, 5.74) is 0. The Hall–Kier alpha value is -0.590. The van der Waals surface area contributed by atoms with Crippen molar-refractivity contribution >= 4 is 0 Å². The first kappa shape index (κ1) is 14.4. The summed E-state index contributed by atoms with van der Waals surface area (Å²) in [6.07, 6.45) is 1.64. The first-order valence-electron chi connectivity index (χ1n) is 5.59. The lowest BCUT2D eigenvalue weighted by Crippen LogP contribution is -2.22. The van der Waals surface area contributed by atoms with Crippen LogP contribution in [0.2, 0.25) is 0 Å². The van der Waals surface area contributed by atoms with Crippen molar-refractivity contribution in [1.82, 2.24) is 0 Å². The van der Waals surface area contributed by atoms with Gasteiger partial charge in [-0.3, -0.25) is 0 Å². The zero-order valence-corrected chi connectivity index (χ0v) is 10.5. The van der Waals surface area contributed by atoms with E-state index in [0.29, 0.717) is 5.92 Å². The highest BCUT2D eigenvalue weighted by Gasteiger charge is 2.16. The van der Waals surface area contributed by atoms with Crippen LogP contribution in [0.4, 0.5) is 0 Å². The first-order chi connectivity index (χ1) is 7.01. The highest BCUT2D eigenvalue weighted by atomic mass is 16.5. The number of nitrogens with zero attached hydrogens (tertiary/aromatic N) is 1. The molecule has 0 bridgehead atoms. The van der Waals surface area contributed by atoms with Crippen LogP contribution >= 0.6 is 0 Å². The predicted octanol–water partition coefficient (Wildman–Crippen LogP) is 2.75. The van der Waals surface area contributed by atoms with Gasteiger partial charge in [0.15, 0.2) is 0 Å². The second-order valence-electron chi connectivity index (χ2n) is 4.40. The second-order valence-corrected chi connectivity index (χ2v) is 4.40. The third-order valence-corrected chi connectivity index (χ3v) is 2.34. The van der Waals surface area contributed by atoms with Crippen molar-refractivity contribution in [1.29, 1.82) is 5.26 Å². The van der Waals surface area contributed by atoms with E-state index in [0.717, 1.165) is 12.8 Å². The van der Waals surface area contributed by atoms with E-state index >= 15 is 0 Å². The molecule has 0 N–H and O–H groups in total. The summed E-state index contributed by atoms with van der Waals surface area (Å²) < 4.78 is 10.8. The van der Waals surface area contributed by atoms with Crippen LogP contribution in [0.15, 0.2) is 0 Å². The largest absolute Gasteiger partial charge is 0.381 e. The van der Waals surface area contributed by atoms with E-state index in [1.54, 1.807) is 7.11 Å². The van der Waals surface area contributed by atoms with Crippen LogP contribution in [0.5, 0.6) is 0 Å². The maximum absolute atomic E-state index is 8.88. The Balaban J connectivity index is 3.94. The van der Waals surface area contributed by atoms with Gasteiger partial charge < -0.3 is 9.47 Å². The average Bonchev–Trinajstić information content (AvgIpc) is 2.15. The minimum atomic E-state index is -0.304. The summed E-state index contributed by atoms with van der Waals surface area (Å²) in [4.78, 5) is 0. The lowest BCUT2D eigenvalue weighted by Gasteiger charge is -2.21. The number of hydrogen-bond acceptors (Lipinski definition) is 3. The molecule has 2 atom stereocenters. The Labute approximate surface area is 93.4 Å². The molecule has 0 aromatic carbocycles.